The molecule has 4 aromatic rings. The van der Waals surface area contributed by atoms with Crippen LogP contribution in [0.3, 0.4) is 0 Å². The number of carbonyl (C=O) groups excluding carboxylic acids is 1. The highest BCUT2D eigenvalue weighted by Crippen LogP contribution is 2.50. The average Bonchev–Trinajstić information content (AvgIpc) is 3.47. The van der Waals surface area contributed by atoms with Gasteiger partial charge in [0.05, 0.1) is 6.54 Å². The Hall–Kier alpha value is -3.36. The lowest BCUT2D eigenvalue weighted by molar-refractivity contribution is 0.0785. The van der Waals surface area contributed by atoms with Crippen LogP contribution in [0.25, 0.3) is 11.5 Å². The number of aryl methyl sites for hydroxylation is 1. The number of hydrogen-bond donors (Lipinski definition) is 1. The van der Waals surface area contributed by atoms with Crippen LogP contribution in [0.4, 0.5) is 0 Å². The number of nitrogens with two attached hydrogens (primary N) is 1. The summed E-state index contributed by atoms with van der Waals surface area (Å²) in [5.74, 6) is 0.845. The number of amides is 1. The highest BCUT2D eigenvalue weighted by Gasteiger charge is 2.49. The monoisotopic (exact) mass is 459 g/mol. The molecule has 0 spiro atoms. The molecule has 2 atom stereocenters. The number of benzene rings is 2. The topological polar surface area (TPSA) is 98.1 Å². The number of hydrogen-bond acceptors (Lipinski definition) is 7. The second-order valence-electron chi connectivity index (χ2n) is 8.58. The minimum atomic E-state index is -0.675. The molecule has 7 nitrogen and oxygen atoms in total. The van der Waals surface area contributed by atoms with Gasteiger partial charge in [0.1, 0.15) is 10.5 Å². The summed E-state index contributed by atoms with van der Waals surface area (Å²) in [5, 5.41) is 11.4. The minimum absolute atomic E-state index is 0.0946. The first-order valence-corrected chi connectivity index (χ1v) is 11.8. The Kier molecular flexibility index (Phi) is 5.55. The van der Waals surface area contributed by atoms with Crippen molar-refractivity contribution in [1.29, 1.82) is 0 Å². The van der Waals surface area contributed by atoms with Gasteiger partial charge < -0.3 is 15.1 Å². The zero-order valence-electron chi connectivity index (χ0n) is 18.6. The first kappa shape index (κ1) is 21.5. The summed E-state index contributed by atoms with van der Waals surface area (Å²) < 4.78 is 6.04. The molecular formula is C25H25N5O2S. The molecule has 2 heterocycles. The normalized spacial score (nSPS) is 19.8. The van der Waals surface area contributed by atoms with Crippen LogP contribution in [0.1, 0.15) is 51.3 Å². The van der Waals surface area contributed by atoms with Crippen molar-refractivity contribution in [2.24, 2.45) is 5.73 Å². The van der Waals surface area contributed by atoms with Gasteiger partial charge in [0.15, 0.2) is 0 Å². The number of thiazole rings is 1. The Morgan fingerprint density at radius 2 is 2.03 bits per heavy atom. The summed E-state index contributed by atoms with van der Waals surface area (Å²) in [4.78, 5) is 19.1. The molecule has 0 radical (unpaired) electrons. The maximum absolute atomic E-state index is 13.0. The molecule has 0 saturated heterocycles. The van der Waals surface area contributed by atoms with Crippen LogP contribution in [-0.2, 0) is 12.1 Å². The molecule has 33 heavy (non-hydrogen) atoms. The Bertz CT molecular complexity index is 1280. The van der Waals surface area contributed by atoms with Gasteiger partial charge >= 0.3 is 0 Å². The van der Waals surface area contributed by atoms with Gasteiger partial charge in [-0.15, -0.1) is 21.5 Å². The largest absolute Gasteiger partial charge is 0.419 e. The Balaban J connectivity index is 1.35. The molecule has 0 aliphatic heterocycles. The number of nitrogens with zero attached hydrogens (tertiary/aromatic N) is 4. The SMILES string of the molecule is Cc1csc(CN(C)C(=O)c2cccc(-c3nnc(C4(N)CCC4c4ccccc4)o3)c2)n1. The van der Waals surface area contributed by atoms with Gasteiger partial charge in [-0.25, -0.2) is 4.98 Å². The van der Waals surface area contributed by atoms with E-state index in [0.717, 1.165) is 23.5 Å². The van der Waals surface area contributed by atoms with Crippen LogP contribution in [0, 0.1) is 6.92 Å². The van der Waals surface area contributed by atoms with Crippen molar-refractivity contribution in [1.82, 2.24) is 20.1 Å². The van der Waals surface area contributed by atoms with Crippen LogP contribution in [0.2, 0.25) is 0 Å². The van der Waals surface area contributed by atoms with Crippen molar-refractivity contribution >= 4 is 17.2 Å². The van der Waals surface area contributed by atoms with Crippen molar-refractivity contribution in [3.8, 4) is 11.5 Å². The number of carbonyl (C=O) groups is 1. The fourth-order valence-corrected chi connectivity index (χ4v) is 5.11. The quantitative estimate of drug-likeness (QED) is 0.456. The van der Waals surface area contributed by atoms with E-state index in [-0.39, 0.29) is 11.8 Å². The van der Waals surface area contributed by atoms with E-state index in [1.165, 1.54) is 5.56 Å². The lowest BCUT2D eigenvalue weighted by atomic mass is 9.64. The van der Waals surface area contributed by atoms with Gasteiger partial charge in [0.2, 0.25) is 11.8 Å². The van der Waals surface area contributed by atoms with Crippen LogP contribution < -0.4 is 5.73 Å². The number of aromatic nitrogens is 3. The van der Waals surface area contributed by atoms with E-state index in [1.807, 2.05) is 42.6 Å². The molecule has 1 aliphatic rings. The summed E-state index contributed by atoms with van der Waals surface area (Å²) in [6.45, 7) is 2.41. The van der Waals surface area contributed by atoms with Crippen molar-refractivity contribution in [2.45, 2.75) is 37.8 Å². The van der Waals surface area contributed by atoms with E-state index in [9.17, 15) is 4.79 Å². The molecular weight excluding hydrogens is 434 g/mol. The van der Waals surface area contributed by atoms with E-state index in [2.05, 4.69) is 27.3 Å². The van der Waals surface area contributed by atoms with Gasteiger partial charge in [-0.05, 0) is 43.5 Å². The van der Waals surface area contributed by atoms with Gasteiger partial charge in [-0.1, -0.05) is 36.4 Å². The van der Waals surface area contributed by atoms with Crippen LogP contribution in [0.5, 0.6) is 0 Å². The fraction of sp³-hybridized carbons (Fsp3) is 0.280. The average molecular weight is 460 g/mol. The van der Waals surface area contributed by atoms with Crippen molar-refractivity contribution in [3.63, 3.8) is 0 Å². The summed E-state index contributed by atoms with van der Waals surface area (Å²) in [6, 6.07) is 17.4. The van der Waals surface area contributed by atoms with Crippen LogP contribution >= 0.6 is 11.3 Å². The molecule has 168 valence electrons. The molecule has 1 fully saturated rings. The molecule has 2 unspecified atom stereocenters. The second-order valence-corrected chi connectivity index (χ2v) is 9.52. The molecule has 1 aliphatic carbocycles. The first-order valence-electron chi connectivity index (χ1n) is 10.9. The highest BCUT2D eigenvalue weighted by atomic mass is 32.1. The molecule has 1 amide bonds. The van der Waals surface area contributed by atoms with E-state index in [0.29, 0.717) is 29.5 Å². The maximum Gasteiger partial charge on any atom is 0.253 e. The Morgan fingerprint density at radius 1 is 1.21 bits per heavy atom. The fourth-order valence-electron chi connectivity index (χ4n) is 4.29. The second kappa shape index (κ2) is 8.53. The summed E-state index contributed by atoms with van der Waals surface area (Å²) in [6.07, 6.45) is 1.76. The third-order valence-electron chi connectivity index (χ3n) is 6.24. The smallest absolute Gasteiger partial charge is 0.253 e. The van der Waals surface area contributed by atoms with Crippen molar-refractivity contribution < 1.29 is 9.21 Å². The van der Waals surface area contributed by atoms with Crippen molar-refractivity contribution in [3.05, 3.63) is 87.7 Å². The standard InChI is InChI=1S/C25H25N5O2S/c1-16-15-33-21(27-16)14-30(2)23(31)19-10-6-9-18(13-19)22-28-29-24(32-22)25(26)12-11-20(25)17-7-4-3-5-8-17/h3-10,13,15,20H,11-12,14,26H2,1-2H3. The van der Waals surface area contributed by atoms with E-state index < -0.39 is 5.54 Å². The third-order valence-corrected chi connectivity index (χ3v) is 7.19. The molecule has 5 rings (SSSR count). The van der Waals surface area contributed by atoms with Crippen LogP contribution in [0.15, 0.2) is 64.4 Å². The number of rotatable bonds is 6. The van der Waals surface area contributed by atoms with E-state index in [1.54, 1.807) is 35.4 Å². The molecule has 2 aromatic carbocycles. The molecule has 8 heteroatoms. The Morgan fingerprint density at radius 3 is 2.73 bits per heavy atom. The molecule has 2 aromatic heterocycles. The lowest BCUT2D eigenvalue weighted by Gasteiger charge is -2.44. The summed E-state index contributed by atoms with van der Waals surface area (Å²) in [5.41, 5.74) is 9.43. The highest BCUT2D eigenvalue weighted by molar-refractivity contribution is 7.09. The van der Waals surface area contributed by atoms with Crippen molar-refractivity contribution in [2.75, 3.05) is 7.05 Å². The van der Waals surface area contributed by atoms with E-state index in [4.69, 9.17) is 10.2 Å². The van der Waals surface area contributed by atoms with Gasteiger partial charge in [-0.2, -0.15) is 0 Å². The molecule has 2 N–H and O–H groups in total. The maximum atomic E-state index is 13.0. The minimum Gasteiger partial charge on any atom is -0.419 e. The summed E-state index contributed by atoms with van der Waals surface area (Å²) >= 11 is 1.55. The third kappa shape index (κ3) is 4.07. The van der Waals surface area contributed by atoms with Crippen LogP contribution in [-0.4, -0.2) is 33.0 Å². The zero-order valence-corrected chi connectivity index (χ0v) is 19.4. The molecule has 1 saturated carbocycles. The predicted octanol–water partition coefficient (Wildman–Crippen LogP) is 4.51. The summed E-state index contributed by atoms with van der Waals surface area (Å²) in [7, 11) is 1.77. The van der Waals surface area contributed by atoms with Gasteiger partial charge in [0.25, 0.3) is 5.91 Å². The molecule has 0 bridgehead atoms. The van der Waals surface area contributed by atoms with Gasteiger partial charge in [0, 0.05) is 35.2 Å². The Labute approximate surface area is 196 Å². The predicted molar refractivity (Wildman–Crippen MR) is 127 cm³/mol. The first-order chi connectivity index (χ1) is 15.9. The lowest BCUT2D eigenvalue weighted by Crippen LogP contribution is -2.50. The zero-order chi connectivity index (χ0) is 23.0. The van der Waals surface area contributed by atoms with E-state index >= 15 is 0 Å². The van der Waals surface area contributed by atoms with Gasteiger partial charge in [-0.3, -0.25) is 4.79 Å².